The van der Waals surface area contributed by atoms with Gasteiger partial charge in [-0.3, -0.25) is 9.78 Å². The highest BCUT2D eigenvalue weighted by Crippen LogP contribution is 2.37. The fourth-order valence-corrected chi connectivity index (χ4v) is 3.69. The maximum absolute atomic E-state index is 12.4. The SMILES string of the molecule is Cc1cnc(C2(C)CCN(C(=O)c3ccncc3)CC2)s1. The Hall–Kier alpha value is -1.75. The van der Waals surface area contributed by atoms with E-state index in [1.54, 1.807) is 35.9 Å². The second kappa shape index (κ2) is 5.56. The highest BCUT2D eigenvalue weighted by atomic mass is 32.1. The molecule has 0 saturated carbocycles. The first kappa shape index (κ1) is 14.2. The fourth-order valence-electron chi connectivity index (χ4n) is 2.73. The van der Waals surface area contributed by atoms with Crippen LogP contribution >= 0.6 is 11.3 Å². The van der Waals surface area contributed by atoms with Crippen molar-refractivity contribution in [3.63, 3.8) is 0 Å². The minimum absolute atomic E-state index is 0.105. The molecule has 0 spiro atoms. The molecule has 2 aromatic rings. The molecule has 5 heteroatoms. The molecular formula is C16H19N3OS. The van der Waals surface area contributed by atoms with Gasteiger partial charge in [-0.2, -0.15) is 0 Å². The Bertz CT molecular complexity index is 630. The van der Waals surface area contributed by atoms with Crippen molar-refractivity contribution in [3.8, 4) is 0 Å². The van der Waals surface area contributed by atoms with E-state index >= 15 is 0 Å². The summed E-state index contributed by atoms with van der Waals surface area (Å²) in [5.74, 6) is 0.106. The number of aromatic nitrogens is 2. The maximum Gasteiger partial charge on any atom is 0.253 e. The number of carbonyl (C=O) groups excluding carboxylic acids is 1. The van der Waals surface area contributed by atoms with Crippen LogP contribution in [-0.2, 0) is 5.41 Å². The molecule has 110 valence electrons. The summed E-state index contributed by atoms with van der Waals surface area (Å²) in [6.07, 6.45) is 7.21. The number of aryl methyl sites for hydroxylation is 1. The summed E-state index contributed by atoms with van der Waals surface area (Å²) in [6, 6.07) is 3.56. The molecular weight excluding hydrogens is 282 g/mol. The molecule has 1 aliphatic heterocycles. The van der Waals surface area contributed by atoms with E-state index in [0.29, 0.717) is 0 Å². The topological polar surface area (TPSA) is 46.1 Å². The van der Waals surface area contributed by atoms with E-state index < -0.39 is 0 Å². The maximum atomic E-state index is 12.4. The summed E-state index contributed by atoms with van der Waals surface area (Å²) in [7, 11) is 0. The first-order valence-corrected chi connectivity index (χ1v) is 8.02. The molecule has 0 aromatic carbocycles. The third-order valence-corrected chi connectivity index (χ3v) is 5.44. The molecule has 1 fully saturated rings. The largest absolute Gasteiger partial charge is 0.339 e. The zero-order valence-corrected chi connectivity index (χ0v) is 13.2. The number of hydrogen-bond acceptors (Lipinski definition) is 4. The Morgan fingerprint density at radius 3 is 2.52 bits per heavy atom. The van der Waals surface area contributed by atoms with Crippen LogP contribution in [0.5, 0.6) is 0 Å². The number of thiazole rings is 1. The standard InChI is InChI=1S/C16H19N3OS/c1-12-11-18-15(21-12)16(2)5-9-19(10-6-16)14(20)13-3-7-17-8-4-13/h3-4,7-8,11H,5-6,9-10H2,1-2H3. The summed E-state index contributed by atoms with van der Waals surface area (Å²) in [6.45, 7) is 5.93. The lowest BCUT2D eigenvalue weighted by atomic mass is 9.81. The van der Waals surface area contributed by atoms with Crippen LogP contribution in [0.4, 0.5) is 0 Å². The summed E-state index contributed by atoms with van der Waals surface area (Å²) in [4.78, 5) is 24.1. The van der Waals surface area contributed by atoms with Gasteiger partial charge in [0.25, 0.3) is 5.91 Å². The predicted octanol–water partition coefficient (Wildman–Crippen LogP) is 3.04. The Kier molecular flexibility index (Phi) is 3.76. The van der Waals surface area contributed by atoms with E-state index in [1.807, 2.05) is 11.1 Å². The van der Waals surface area contributed by atoms with E-state index in [0.717, 1.165) is 31.5 Å². The second-order valence-electron chi connectivity index (χ2n) is 5.86. The lowest BCUT2D eigenvalue weighted by Gasteiger charge is -2.38. The van der Waals surface area contributed by atoms with Crippen molar-refractivity contribution in [1.82, 2.24) is 14.9 Å². The van der Waals surface area contributed by atoms with Crippen molar-refractivity contribution >= 4 is 17.2 Å². The number of likely N-dealkylation sites (tertiary alicyclic amines) is 1. The van der Waals surface area contributed by atoms with Gasteiger partial charge in [0.15, 0.2) is 0 Å². The van der Waals surface area contributed by atoms with Gasteiger partial charge in [0.05, 0.1) is 5.01 Å². The molecule has 1 saturated heterocycles. The molecule has 0 bridgehead atoms. The first-order chi connectivity index (χ1) is 10.1. The van der Waals surface area contributed by atoms with Crippen molar-refractivity contribution in [1.29, 1.82) is 0 Å². The average Bonchev–Trinajstić information content (AvgIpc) is 2.96. The Labute approximate surface area is 128 Å². The Balaban J connectivity index is 1.69. The molecule has 0 radical (unpaired) electrons. The third-order valence-electron chi connectivity index (χ3n) is 4.22. The minimum Gasteiger partial charge on any atom is -0.339 e. The molecule has 1 amide bonds. The predicted molar refractivity (Wildman–Crippen MR) is 83.6 cm³/mol. The number of piperidine rings is 1. The Morgan fingerprint density at radius 2 is 1.95 bits per heavy atom. The zero-order chi connectivity index (χ0) is 14.9. The van der Waals surface area contributed by atoms with Crippen molar-refractivity contribution in [2.45, 2.75) is 32.1 Å². The van der Waals surface area contributed by atoms with Gasteiger partial charge in [0, 0.05) is 47.5 Å². The van der Waals surface area contributed by atoms with Crippen LogP contribution in [0, 0.1) is 6.92 Å². The first-order valence-electron chi connectivity index (χ1n) is 7.21. The number of rotatable bonds is 2. The van der Waals surface area contributed by atoms with Gasteiger partial charge in [-0.05, 0) is 31.9 Å². The van der Waals surface area contributed by atoms with Gasteiger partial charge in [-0.15, -0.1) is 11.3 Å². The van der Waals surface area contributed by atoms with E-state index in [4.69, 9.17) is 0 Å². The molecule has 2 aromatic heterocycles. The fraction of sp³-hybridized carbons (Fsp3) is 0.438. The van der Waals surface area contributed by atoms with Crippen molar-refractivity contribution in [3.05, 3.63) is 46.2 Å². The van der Waals surface area contributed by atoms with Gasteiger partial charge in [-0.1, -0.05) is 6.92 Å². The molecule has 21 heavy (non-hydrogen) atoms. The minimum atomic E-state index is 0.105. The van der Waals surface area contributed by atoms with Gasteiger partial charge in [0.2, 0.25) is 0 Å². The van der Waals surface area contributed by atoms with Crippen LogP contribution in [0.2, 0.25) is 0 Å². The van der Waals surface area contributed by atoms with Gasteiger partial charge in [-0.25, -0.2) is 4.98 Å². The van der Waals surface area contributed by atoms with E-state index in [-0.39, 0.29) is 11.3 Å². The molecule has 0 N–H and O–H groups in total. The number of hydrogen-bond donors (Lipinski definition) is 0. The molecule has 0 unspecified atom stereocenters. The van der Waals surface area contributed by atoms with Crippen LogP contribution in [0.1, 0.15) is 40.0 Å². The average molecular weight is 301 g/mol. The van der Waals surface area contributed by atoms with Crippen molar-refractivity contribution in [2.24, 2.45) is 0 Å². The van der Waals surface area contributed by atoms with Crippen molar-refractivity contribution in [2.75, 3.05) is 13.1 Å². The van der Waals surface area contributed by atoms with E-state index in [2.05, 4.69) is 23.8 Å². The summed E-state index contributed by atoms with van der Waals surface area (Å²) in [5.41, 5.74) is 0.826. The lowest BCUT2D eigenvalue weighted by molar-refractivity contribution is 0.0676. The summed E-state index contributed by atoms with van der Waals surface area (Å²) in [5, 5.41) is 1.20. The highest BCUT2D eigenvalue weighted by Gasteiger charge is 2.35. The molecule has 0 aliphatic carbocycles. The third kappa shape index (κ3) is 2.83. The van der Waals surface area contributed by atoms with Crippen LogP contribution in [0.25, 0.3) is 0 Å². The van der Waals surface area contributed by atoms with E-state index in [9.17, 15) is 4.79 Å². The molecule has 3 heterocycles. The number of amides is 1. The smallest absolute Gasteiger partial charge is 0.253 e. The van der Waals surface area contributed by atoms with Crippen LogP contribution < -0.4 is 0 Å². The molecule has 1 aliphatic rings. The monoisotopic (exact) mass is 301 g/mol. The number of carbonyl (C=O) groups is 1. The summed E-state index contributed by atoms with van der Waals surface area (Å²) >= 11 is 1.78. The molecule has 0 atom stereocenters. The van der Waals surface area contributed by atoms with Gasteiger partial charge in [0.1, 0.15) is 0 Å². The summed E-state index contributed by atoms with van der Waals surface area (Å²) < 4.78 is 0. The van der Waals surface area contributed by atoms with Crippen LogP contribution in [0.3, 0.4) is 0 Å². The quantitative estimate of drug-likeness (QED) is 0.856. The Morgan fingerprint density at radius 1 is 1.29 bits per heavy atom. The highest BCUT2D eigenvalue weighted by molar-refractivity contribution is 7.11. The lowest BCUT2D eigenvalue weighted by Crippen LogP contribution is -2.43. The number of pyridine rings is 1. The van der Waals surface area contributed by atoms with Gasteiger partial charge >= 0.3 is 0 Å². The van der Waals surface area contributed by atoms with Crippen molar-refractivity contribution < 1.29 is 4.79 Å². The van der Waals surface area contributed by atoms with Crippen LogP contribution in [-0.4, -0.2) is 33.9 Å². The number of nitrogens with zero attached hydrogens (tertiary/aromatic N) is 3. The van der Waals surface area contributed by atoms with E-state index in [1.165, 1.54) is 9.88 Å². The second-order valence-corrected chi connectivity index (χ2v) is 7.10. The van der Waals surface area contributed by atoms with Crippen LogP contribution in [0.15, 0.2) is 30.7 Å². The van der Waals surface area contributed by atoms with Gasteiger partial charge < -0.3 is 4.90 Å². The molecule has 3 rings (SSSR count). The normalized spacial score (nSPS) is 17.7. The zero-order valence-electron chi connectivity index (χ0n) is 12.4. The molecule has 4 nitrogen and oxygen atoms in total.